The van der Waals surface area contributed by atoms with Crippen LogP contribution in [0.3, 0.4) is 0 Å². The number of halogens is 1. The zero-order chi connectivity index (χ0) is 23.6. The molecule has 2 aromatic rings. The topological polar surface area (TPSA) is 107 Å². The molecule has 1 N–H and O–H groups in total. The van der Waals surface area contributed by atoms with Gasteiger partial charge in [-0.1, -0.05) is 37.0 Å². The normalized spacial score (nSPS) is 19.0. The van der Waals surface area contributed by atoms with Gasteiger partial charge in [0, 0.05) is 25.0 Å². The molecule has 2 aliphatic rings. The number of amides is 1. The number of hydrogen-bond donors (Lipinski definition) is 1. The number of nitrogens with zero attached hydrogens (tertiary/aromatic N) is 2. The van der Waals surface area contributed by atoms with Crippen molar-refractivity contribution in [1.29, 1.82) is 0 Å². The number of aryl methyl sites for hydroxylation is 1. The van der Waals surface area contributed by atoms with E-state index in [-0.39, 0.29) is 15.9 Å². The predicted octanol–water partition coefficient (Wildman–Crippen LogP) is 3.47. The molecule has 0 aromatic carbocycles. The second-order valence-electron chi connectivity index (χ2n) is 8.76. The van der Waals surface area contributed by atoms with Crippen molar-refractivity contribution in [2.75, 3.05) is 18.5 Å². The molecule has 0 unspecified atom stereocenters. The van der Waals surface area contributed by atoms with Gasteiger partial charge in [0.1, 0.15) is 6.04 Å². The van der Waals surface area contributed by atoms with Crippen LogP contribution in [0.15, 0.2) is 28.0 Å². The maximum Gasteiger partial charge on any atom is 0.252 e. The van der Waals surface area contributed by atoms with Gasteiger partial charge in [-0.25, -0.2) is 13.4 Å². The first-order valence-electron chi connectivity index (χ1n) is 11.2. The van der Waals surface area contributed by atoms with E-state index in [0.29, 0.717) is 49.5 Å². The fraction of sp³-hybridized carbons (Fsp3) is 0.591. The summed E-state index contributed by atoms with van der Waals surface area (Å²) in [6.45, 7) is 2.39. The lowest BCUT2D eigenvalue weighted by Gasteiger charge is -2.25. The van der Waals surface area contributed by atoms with Crippen molar-refractivity contribution in [2.45, 2.75) is 68.1 Å². The average Bonchev–Trinajstić information content (AvgIpc) is 3.44. The molecule has 2 aromatic heterocycles. The van der Waals surface area contributed by atoms with Gasteiger partial charge in [-0.3, -0.25) is 9.59 Å². The number of rotatable bonds is 7. The van der Waals surface area contributed by atoms with Crippen LogP contribution >= 0.6 is 11.3 Å². The molecule has 1 aliphatic carbocycles. The molecule has 0 spiro atoms. The predicted molar refractivity (Wildman–Crippen MR) is 123 cm³/mol. The summed E-state index contributed by atoms with van der Waals surface area (Å²) < 4.78 is 46.2. The van der Waals surface area contributed by atoms with E-state index in [0.717, 1.165) is 37.9 Å². The lowest BCUT2D eigenvalue weighted by molar-refractivity contribution is -0.119. The minimum Gasteiger partial charge on any atom is -0.381 e. The van der Waals surface area contributed by atoms with Crippen molar-refractivity contribution < 1.29 is 22.3 Å². The monoisotopic (exact) mass is 497 g/mol. The van der Waals surface area contributed by atoms with Gasteiger partial charge >= 0.3 is 0 Å². The van der Waals surface area contributed by atoms with Gasteiger partial charge in [0.2, 0.25) is 5.91 Å². The molecule has 1 amide bonds. The Morgan fingerprint density at radius 1 is 1.27 bits per heavy atom. The van der Waals surface area contributed by atoms with Gasteiger partial charge in [0.15, 0.2) is 20.1 Å². The fourth-order valence-electron chi connectivity index (χ4n) is 4.82. The van der Waals surface area contributed by atoms with Gasteiger partial charge in [-0.2, -0.15) is 4.39 Å². The highest BCUT2D eigenvalue weighted by atomic mass is 32.2. The van der Waals surface area contributed by atoms with Crippen LogP contribution in [0.1, 0.15) is 56.7 Å². The van der Waals surface area contributed by atoms with Crippen molar-refractivity contribution >= 4 is 32.2 Å². The van der Waals surface area contributed by atoms with Crippen molar-refractivity contribution in [1.82, 2.24) is 9.55 Å². The van der Waals surface area contributed by atoms with Crippen LogP contribution < -0.4 is 10.9 Å². The van der Waals surface area contributed by atoms with Crippen molar-refractivity contribution in [3.05, 3.63) is 39.5 Å². The summed E-state index contributed by atoms with van der Waals surface area (Å²) in [7, 11) is -3.68. The molecule has 33 heavy (non-hydrogen) atoms. The lowest BCUT2D eigenvalue weighted by atomic mass is 9.97. The average molecular weight is 498 g/mol. The van der Waals surface area contributed by atoms with E-state index in [2.05, 4.69) is 10.3 Å². The molecule has 8 nitrogen and oxygen atoms in total. The second kappa shape index (κ2) is 10.0. The third-order valence-electron chi connectivity index (χ3n) is 6.52. The number of nitrogens with one attached hydrogen (secondary N) is 1. The second-order valence-corrected chi connectivity index (χ2v) is 12.0. The Morgan fingerprint density at radius 2 is 1.97 bits per heavy atom. The molecule has 11 heteroatoms. The van der Waals surface area contributed by atoms with Gasteiger partial charge in [0.05, 0.1) is 16.3 Å². The lowest BCUT2D eigenvalue weighted by Crippen LogP contribution is -2.36. The maximum atomic E-state index is 13.4. The highest BCUT2D eigenvalue weighted by molar-refractivity contribution is 7.92. The first-order valence-corrected chi connectivity index (χ1v) is 13.6. The quantitative estimate of drug-likeness (QED) is 0.628. The Bertz CT molecular complexity index is 1160. The van der Waals surface area contributed by atoms with E-state index in [1.54, 1.807) is 6.92 Å². The Kier molecular flexibility index (Phi) is 7.30. The highest BCUT2D eigenvalue weighted by Gasteiger charge is 2.33. The first-order chi connectivity index (χ1) is 15.8. The van der Waals surface area contributed by atoms with Crippen molar-refractivity contribution in [2.24, 2.45) is 5.92 Å². The van der Waals surface area contributed by atoms with Crippen LogP contribution in [0.25, 0.3) is 0 Å². The minimum atomic E-state index is -3.68. The molecule has 1 saturated carbocycles. The zero-order valence-corrected chi connectivity index (χ0v) is 20.1. The number of carbonyl (C=O) groups excluding carboxylic acids is 1. The van der Waals surface area contributed by atoms with Crippen LogP contribution in [0.4, 0.5) is 9.52 Å². The third kappa shape index (κ3) is 5.36. The molecular formula is C22H28FN3O5S2. The van der Waals surface area contributed by atoms with Gasteiger partial charge < -0.3 is 14.6 Å². The molecule has 3 heterocycles. The number of ether oxygens (including phenoxy) is 1. The molecule has 1 atom stereocenters. The Morgan fingerprint density at radius 3 is 2.58 bits per heavy atom. The summed E-state index contributed by atoms with van der Waals surface area (Å²) >= 11 is 0.715. The van der Waals surface area contributed by atoms with E-state index in [1.807, 2.05) is 0 Å². The summed E-state index contributed by atoms with van der Waals surface area (Å²) in [4.78, 5) is 30.2. The first kappa shape index (κ1) is 24.0. The molecule has 0 bridgehead atoms. The van der Waals surface area contributed by atoms with Crippen LogP contribution in [-0.2, 0) is 19.4 Å². The van der Waals surface area contributed by atoms with E-state index in [4.69, 9.17) is 4.74 Å². The van der Waals surface area contributed by atoms with Gasteiger partial charge in [0.25, 0.3) is 5.56 Å². The number of carbonyl (C=O) groups is 1. The molecule has 180 valence electrons. The van der Waals surface area contributed by atoms with Crippen LogP contribution in [0.2, 0.25) is 0 Å². The molecule has 4 rings (SSSR count). The standard InChI is InChI=1S/C22H28FN3O5S2/c1-14-10-17(33(29,30)16-6-8-31-9-7-16)12-20(27)26(14)18(11-15-4-2-3-5-15)21(28)25-22-24-13-19(23)32-22/h10,12-13,15-16,18H,2-9,11H2,1H3,(H,24,25,28)/t18-/m1/s1. The van der Waals surface area contributed by atoms with E-state index in [9.17, 15) is 22.4 Å². The van der Waals surface area contributed by atoms with Crippen molar-refractivity contribution in [3.8, 4) is 0 Å². The van der Waals surface area contributed by atoms with Crippen molar-refractivity contribution in [3.63, 3.8) is 0 Å². The molecular weight excluding hydrogens is 469 g/mol. The number of aromatic nitrogens is 2. The van der Waals surface area contributed by atoms with E-state index >= 15 is 0 Å². The number of hydrogen-bond acceptors (Lipinski definition) is 7. The summed E-state index contributed by atoms with van der Waals surface area (Å²) in [6, 6.07) is 1.76. The summed E-state index contributed by atoms with van der Waals surface area (Å²) in [5, 5.41) is 1.64. The third-order valence-corrected chi connectivity index (χ3v) is 9.47. The molecule has 1 saturated heterocycles. The molecule has 0 radical (unpaired) electrons. The maximum absolute atomic E-state index is 13.4. The number of sulfone groups is 1. The fourth-order valence-corrected chi connectivity index (χ4v) is 7.16. The van der Waals surface area contributed by atoms with Crippen LogP contribution in [0, 0.1) is 18.0 Å². The van der Waals surface area contributed by atoms with E-state index < -0.39 is 37.7 Å². The Balaban J connectivity index is 1.67. The molecule has 2 fully saturated rings. The molecule has 1 aliphatic heterocycles. The Labute approximate surface area is 196 Å². The summed E-state index contributed by atoms with van der Waals surface area (Å²) in [5.74, 6) is -0.174. The van der Waals surface area contributed by atoms with Gasteiger partial charge in [-0.15, -0.1) is 0 Å². The highest BCUT2D eigenvalue weighted by Crippen LogP contribution is 2.33. The SMILES string of the molecule is Cc1cc(S(=O)(=O)C2CCOCC2)cc(=O)n1[C@H](CC1CCCC1)C(=O)Nc1ncc(F)s1. The number of pyridine rings is 1. The van der Waals surface area contributed by atoms with Gasteiger partial charge in [-0.05, 0) is 38.2 Å². The Hall–Kier alpha value is -2.11. The largest absolute Gasteiger partial charge is 0.381 e. The minimum absolute atomic E-state index is 0.0184. The van der Waals surface area contributed by atoms with E-state index in [1.165, 1.54) is 10.6 Å². The van der Waals surface area contributed by atoms with Crippen LogP contribution in [0.5, 0.6) is 0 Å². The zero-order valence-electron chi connectivity index (χ0n) is 18.5. The number of anilines is 1. The van der Waals surface area contributed by atoms with Crippen LogP contribution in [-0.4, -0.2) is 42.3 Å². The number of thiazole rings is 1. The smallest absolute Gasteiger partial charge is 0.252 e. The summed E-state index contributed by atoms with van der Waals surface area (Å²) in [6.07, 6.45) is 6.36. The summed E-state index contributed by atoms with van der Waals surface area (Å²) in [5.41, 5.74) is -0.138.